The Morgan fingerprint density at radius 2 is 1.93 bits per heavy atom. The summed E-state index contributed by atoms with van der Waals surface area (Å²) in [5.41, 5.74) is 3.83. The summed E-state index contributed by atoms with van der Waals surface area (Å²) in [7, 11) is 0. The zero-order valence-corrected chi connectivity index (χ0v) is 15.6. The number of nitrogens with zero attached hydrogens (tertiary/aromatic N) is 3. The van der Waals surface area contributed by atoms with Crippen molar-refractivity contribution in [2.24, 2.45) is 10.2 Å². The van der Waals surface area contributed by atoms with Crippen LogP contribution < -0.4 is 14.8 Å². The molecule has 1 aliphatic carbocycles. The second kappa shape index (κ2) is 7.31. The summed E-state index contributed by atoms with van der Waals surface area (Å²) in [6, 6.07) is 16.9. The Bertz CT molecular complexity index is 1260. The van der Waals surface area contributed by atoms with E-state index in [4.69, 9.17) is 11.6 Å². The first-order valence-corrected chi connectivity index (χ1v) is 9.47. The molecule has 0 atom stereocenters. The lowest BCUT2D eigenvalue weighted by molar-refractivity contribution is 1.08. The zero-order valence-electron chi connectivity index (χ0n) is 14.1. The topological polar surface area (TPSA) is 81.4 Å². The Balaban J connectivity index is 1.82. The molecule has 132 valence electrons. The maximum Gasteiger partial charge on any atom is 0.266 e. The van der Waals surface area contributed by atoms with Crippen molar-refractivity contribution >= 4 is 39.9 Å². The summed E-state index contributed by atoms with van der Waals surface area (Å²) >= 11 is 7.10. The van der Waals surface area contributed by atoms with E-state index in [2.05, 4.69) is 21.3 Å². The van der Waals surface area contributed by atoms with E-state index in [9.17, 15) is 10.1 Å². The molecule has 0 spiro atoms. The van der Waals surface area contributed by atoms with Crippen LogP contribution in [-0.4, -0.2) is 4.98 Å². The van der Waals surface area contributed by atoms with E-state index >= 15 is 0 Å². The van der Waals surface area contributed by atoms with Crippen molar-refractivity contribution < 1.29 is 0 Å². The molecule has 27 heavy (non-hydrogen) atoms. The first-order valence-electron chi connectivity index (χ1n) is 8.28. The number of azo groups is 1. The molecule has 1 N–H and O–H groups in total. The largest absolute Gasteiger partial charge is 0.310 e. The number of benzene rings is 2. The van der Waals surface area contributed by atoms with Crippen LogP contribution in [-0.2, 0) is 6.42 Å². The molecule has 0 bridgehead atoms. The second-order valence-corrected chi connectivity index (χ2v) is 7.44. The number of hydrogen-bond acceptors (Lipinski definition) is 5. The molecular weight excluding hydrogens is 380 g/mol. The van der Waals surface area contributed by atoms with Crippen LogP contribution in [0.15, 0.2) is 63.6 Å². The highest BCUT2D eigenvalue weighted by atomic mass is 35.5. The van der Waals surface area contributed by atoms with E-state index in [1.54, 1.807) is 24.3 Å². The van der Waals surface area contributed by atoms with Crippen molar-refractivity contribution in [3.63, 3.8) is 0 Å². The van der Waals surface area contributed by atoms with Gasteiger partial charge in [-0.3, -0.25) is 4.79 Å². The molecule has 0 saturated heterocycles. The first-order chi connectivity index (χ1) is 13.2. The third-order valence-corrected chi connectivity index (χ3v) is 5.70. The second-order valence-electron chi connectivity index (χ2n) is 5.99. The summed E-state index contributed by atoms with van der Waals surface area (Å²) in [5, 5.41) is 18.1. The van der Waals surface area contributed by atoms with E-state index in [0.717, 1.165) is 24.0 Å². The smallest absolute Gasteiger partial charge is 0.266 e. The van der Waals surface area contributed by atoms with Gasteiger partial charge < -0.3 is 4.98 Å². The summed E-state index contributed by atoms with van der Waals surface area (Å²) < 4.78 is 1.04. The van der Waals surface area contributed by atoms with Gasteiger partial charge >= 0.3 is 0 Å². The number of H-pyrrole nitrogens is 1. The zero-order chi connectivity index (χ0) is 18.8. The lowest BCUT2D eigenvalue weighted by Crippen LogP contribution is -2.22. The Morgan fingerprint density at radius 3 is 2.70 bits per heavy atom. The predicted molar refractivity (Wildman–Crippen MR) is 106 cm³/mol. The fourth-order valence-corrected chi connectivity index (χ4v) is 4.17. The molecule has 1 aromatic heterocycles. The van der Waals surface area contributed by atoms with Crippen molar-refractivity contribution in [2.75, 3.05) is 0 Å². The molecular formula is C20H13ClN4OS. The van der Waals surface area contributed by atoms with Gasteiger partial charge in [-0.25, -0.2) is 0 Å². The van der Waals surface area contributed by atoms with Gasteiger partial charge in [0.15, 0.2) is 5.70 Å². The number of thiazole rings is 1. The molecule has 0 radical (unpaired) electrons. The number of aromatic amines is 1. The number of aromatic nitrogens is 1. The van der Waals surface area contributed by atoms with Crippen molar-refractivity contribution in [1.82, 2.24) is 4.98 Å². The van der Waals surface area contributed by atoms with Crippen LogP contribution in [0.5, 0.6) is 0 Å². The fourth-order valence-electron chi connectivity index (χ4n) is 3.04. The van der Waals surface area contributed by atoms with Crippen LogP contribution >= 0.6 is 22.9 Å². The van der Waals surface area contributed by atoms with Crippen LogP contribution in [0.2, 0.25) is 5.02 Å². The van der Waals surface area contributed by atoms with E-state index in [0.29, 0.717) is 19.9 Å². The molecule has 0 unspecified atom stereocenters. The molecule has 0 fully saturated rings. The highest BCUT2D eigenvalue weighted by Gasteiger charge is 2.18. The van der Waals surface area contributed by atoms with E-state index in [1.165, 1.54) is 16.9 Å². The van der Waals surface area contributed by atoms with Gasteiger partial charge in [0.2, 0.25) is 0 Å². The summed E-state index contributed by atoms with van der Waals surface area (Å²) in [6.07, 6.45) is 1.74. The summed E-state index contributed by atoms with van der Waals surface area (Å²) in [4.78, 5) is 15.2. The predicted octanol–water partition coefficient (Wildman–Crippen LogP) is 3.65. The van der Waals surface area contributed by atoms with Crippen molar-refractivity contribution in [2.45, 2.75) is 12.8 Å². The number of fused-ring (bicyclic) bond motifs is 1. The minimum absolute atomic E-state index is 0.0742. The normalized spacial score (nSPS) is 16.3. The average Bonchev–Trinajstić information content (AvgIpc) is 3.27. The molecule has 0 aliphatic heterocycles. The van der Waals surface area contributed by atoms with E-state index in [-0.39, 0.29) is 11.3 Å². The van der Waals surface area contributed by atoms with Crippen LogP contribution in [0.1, 0.15) is 17.5 Å². The standard InChI is InChI=1S/C20H13ClN4OS/c21-13-6-8-14(9-7-13)24-25-17(11-22)20-23-19(26)18(27-20)16-10-5-12-3-1-2-4-15(12)16/h1-4,6-9H,5,10H2,(H,23,26)/b18-16+,20-17+,25-24?. The minimum atomic E-state index is -0.198. The van der Waals surface area contributed by atoms with Crippen LogP contribution in [0.4, 0.5) is 5.69 Å². The molecule has 0 saturated carbocycles. The molecule has 1 heterocycles. The van der Waals surface area contributed by atoms with Crippen molar-refractivity contribution in [3.05, 3.63) is 84.2 Å². The average molecular weight is 393 g/mol. The Labute approximate surface area is 163 Å². The molecule has 0 amide bonds. The Morgan fingerprint density at radius 1 is 1.15 bits per heavy atom. The minimum Gasteiger partial charge on any atom is -0.310 e. The number of hydrogen-bond donors (Lipinski definition) is 1. The lowest BCUT2D eigenvalue weighted by Gasteiger charge is -1.97. The Hall–Kier alpha value is -3.01. The molecule has 2 aromatic carbocycles. The number of rotatable bonds is 2. The van der Waals surface area contributed by atoms with E-state index < -0.39 is 0 Å². The van der Waals surface area contributed by atoms with Gasteiger partial charge in [0.1, 0.15) is 10.7 Å². The molecule has 5 nitrogen and oxygen atoms in total. The van der Waals surface area contributed by atoms with Gasteiger partial charge in [-0.15, -0.1) is 21.6 Å². The van der Waals surface area contributed by atoms with Crippen LogP contribution in [0.3, 0.4) is 0 Å². The maximum absolute atomic E-state index is 12.5. The van der Waals surface area contributed by atoms with Crippen molar-refractivity contribution in [1.29, 1.82) is 5.26 Å². The maximum atomic E-state index is 12.5. The summed E-state index contributed by atoms with van der Waals surface area (Å²) in [5.74, 6) is 0. The number of nitrogens with one attached hydrogen (secondary N) is 1. The van der Waals surface area contributed by atoms with Crippen LogP contribution in [0.25, 0.3) is 11.3 Å². The fraction of sp³-hybridized carbons (Fsp3) is 0.100. The van der Waals surface area contributed by atoms with Crippen molar-refractivity contribution in [3.8, 4) is 6.07 Å². The van der Waals surface area contributed by atoms with E-state index in [1.807, 2.05) is 24.3 Å². The SMILES string of the molecule is N#C/C(N=Nc1ccc(Cl)cc1)=c1/[nH]c(=O)/c(=C2/CCc3ccccc32)s1. The quantitative estimate of drug-likeness (QED) is 0.675. The Kier molecular flexibility index (Phi) is 4.71. The van der Waals surface area contributed by atoms with Gasteiger partial charge in [-0.1, -0.05) is 35.9 Å². The highest BCUT2D eigenvalue weighted by molar-refractivity contribution is 7.07. The summed E-state index contributed by atoms with van der Waals surface area (Å²) in [6.45, 7) is 0. The van der Waals surface area contributed by atoms with Gasteiger partial charge in [-0.05, 0) is 53.8 Å². The van der Waals surface area contributed by atoms with Gasteiger partial charge in [0, 0.05) is 5.02 Å². The molecule has 3 aromatic rings. The van der Waals surface area contributed by atoms with Crippen LogP contribution in [0, 0.1) is 11.3 Å². The number of nitriles is 1. The molecule has 7 heteroatoms. The van der Waals surface area contributed by atoms with Gasteiger partial charge in [0.25, 0.3) is 5.56 Å². The highest BCUT2D eigenvalue weighted by Crippen LogP contribution is 2.29. The van der Waals surface area contributed by atoms with Gasteiger partial charge in [0.05, 0.1) is 10.2 Å². The van der Waals surface area contributed by atoms with Gasteiger partial charge in [-0.2, -0.15) is 5.26 Å². The third-order valence-electron chi connectivity index (χ3n) is 4.31. The molecule has 4 rings (SSSR count). The molecule has 1 aliphatic rings. The third kappa shape index (κ3) is 3.47. The number of halogens is 1. The lowest BCUT2D eigenvalue weighted by atomic mass is 10.1. The monoisotopic (exact) mass is 392 g/mol. The number of aryl methyl sites for hydroxylation is 1. The first kappa shape index (κ1) is 17.4.